The molecule has 1 heterocycles. The molecule has 0 spiro atoms. The zero-order valence-electron chi connectivity index (χ0n) is 8.33. The molecular formula is C11H11ClN2O. The molecule has 1 aromatic carbocycles. The maximum absolute atomic E-state index is 6.02. The Labute approximate surface area is 92.9 Å². The minimum atomic E-state index is 0.305. The van der Waals surface area contributed by atoms with Gasteiger partial charge in [-0.1, -0.05) is 23.7 Å². The van der Waals surface area contributed by atoms with Crippen molar-refractivity contribution in [3.63, 3.8) is 0 Å². The summed E-state index contributed by atoms with van der Waals surface area (Å²) in [6.45, 7) is 2.25. The van der Waals surface area contributed by atoms with E-state index in [1.54, 1.807) is 6.20 Å². The van der Waals surface area contributed by atoms with E-state index in [1.165, 1.54) is 0 Å². The average Bonchev–Trinajstić information content (AvgIpc) is 2.70. The van der Waals surface area contributed by atoms with Crippen LogP contribution in [0.1, 0.15) is 11.5 Å². The fourth-order valence-corrected chi connectivity index (χ4v) is 1.58. The van der Waals surface area contributed by atoms with Crippen molar-refractivity contribution in [2.45, 2.75) is 13.5 Å². The predicted molar refractivity (Wildman–Crippen MR) is 59.6 cm³/mol. The van der Waals surface area contributed by atoms with Crippen LogP contribution in [0.15, 0.2) is 28.8 Å². The lowest BCUT2D eigenvalue weighted by atomic mass is 10.1. The molecule has 0 aliphatic heterocycles. The van der Waals surface area contributed by atoms with Gasteiger partial charge in [-0.15, -0.1) is 0 Å². The normalized spacial score (nSPS) is 10.6. The number of rotatable bonds is 2. The van der Waals surface area contributed by atoms with E-state index < -0.39 is 0 Å². The lowest BCUT2D eigenvalue weighted by Crippen LogP contribution is -1.94. The lowest BCUT2D eigenvalue weighted by Gasteiger charge is -2.03. The van der Waals surface area contributed by atoms with Gasteiger partial charge in [-0.05, 0) is 18.6 Å². The monoisotopic (exact) mass is 222 g/mol. The van der Waals surface area contributed by atoms with E-state index in [2.05, 4.69) is 4.98 Å². The summed E-state index contributed by atoms with van der Waals surface area (Å²) in [6, 6.07) is 5.68. The van der Waals surface area contributed by atoms with E-state index in [0.29, 0.717) is 18.2 Å². The predicted octanol–water partition coefficient (Wildman–Crippen LogP) is 2.76. The topological polar surface area (TPSA) is 52.0 Å². The Morgan fingerprint density at radius 3 is 2.93 bits per heavy atom. The third kappa shape index (κ3) is 1.89. The molecule has 4 heteroatoms. The summed E-state index contributed by atoms with van der Waals surface area (Å²) in [5.74, 6) is 1.24. The third-order valence-electron chi connectivity index (χ3n) is 2.26. The molecule has 3 nitrogen and oxygen atoms in total. The van der Waals surface area contributed by atoms with Crippen LogP contribution in [0.3, 0.4) is 0 Å². The number of nitrogens with zero attached hydrogens (tertiary/aromatic N) is 1. The molecule has 1 aromatic heterocycles. The molecule has 0 radical (unpaired) electrons. The summed E-state index contributed by atoms with van der Waals surface area (Å²) >= 11 is 6.02. The molecule has 0 atom stereocenters. The van der Waals surface area contributed by atoms with Gasteiger partial charge in [0.2, 0.25) is 5.89 Å². The van der Waals surface area contributed by atoms with Gasteiger partial charge < -0.3 is 10.2 Å². The van der Waals surface area contributed by atoms with Gasteiger partial charge in [0.05, 0.1) is 12.7 Å². The standard InChI is InChI=1S/C11H11ClN2O/c1-7-8(3-2-4-9(7)12)10-6-14-11(5-13)15-10/h2-4,6H,5,13H2,1H3. The molecule has 0 saturated heterocycles. The fourth-order valence-electron chi connectivity index (χ4n) is 1.40. The van der Waals surface area contributed by atoms with Gasteiger partial charge in [0.1, 0.15) is 0 Å². The van der Waals surface area contributed by atoms with E-state index in [4.69, 9.17) is 21.8 Å². The molecule has 0 saturated carbocycles. The van der Waals surface area contributed by atoms with E-state index >= 15 is 0 Å². The lowest BCUT2D eigenvalue weighted by molar-refractivity contribution is 0.509. The number of oxazole rings is 1. The van der Waals surface area contributed by atoms with Crippen molar-refractivity contribution >= 4 is 11.6 Å². The van der Waals surface area contributed by atoms with Crippen molar-refractivity contribution in [2.24, 2.45) is 5.73 Å². The van der Waals surface area contributed by atoms with E-state index in [1.807, 2.05) is 25.1 Å². The van der Waals surface area contributed by atoms with Gasteiger partial charge in [-0.3, -0.25) is 0 Å². The van der Waals surface area contributed by atoms with Crippen LogP contribution in [0.4, 0.5) is 0 Å². The van der Waals surface area contributed by atoms with Gasteiger partial charge >= 0.3 is 0 Å². The van der Waals surface area contributed by atoms with Crippen molar-refractivity contribution in [1.29, 1.82) is 0 Å². The van der Waals surface area contributed by atoms with Gasteiger partial charge in [0.25, 0.3) is 0 Å². The molecule has 2 aromatic rings. The summed E-state index contributed by atoms with van der Waals surface area (Å²) in [5.41, 5.74) is 7.37. The van der Waals surface area contributed by atoms with Gasteiger partial charge in [-0.25, -0.2) is 4.98 Å². The molecule has 0 aliphatic carbocycles. The zero-order valence-corrected chi connectivity index (χ0v) is 9.08. The van der Waals surface area contributed by atoms with Crippen LogP contribution in [0.25, 0.3) is 11.3 Å². The van der Waals surface area contributed by atoms with Crippen molar-refractivity contribution in [3.05, 3.63) is 40.9 Å². The highest BCUT2D eigenvalue weighted by atomic mass is 35.5. The number of halogens is 1. The molecule has 0 fully saturated rings. The molecule has 15 heavy (non-hydrogen) atoms. The highest BCUT2D eigenvalue weighted by molar-refractivity contribution is 6.31. The Morgan fingerprint density at radius 2 is 2.27 bits per heavy atom. The SMILES string of the molecule is Cc1c(Cl)cccc1-c1cnc(CN)o1. The molecular weight excluding hydrogens is 212 g/mol. The second-order valence-corrected chi connectivity index (χ2v) is 3.64. The van der Waals surface area contributed by atoms with E-state index in [9.17, 15) is 0 Å². The Balaban J connectivity index is 2.49. The number of hydrogen-bond acceptors (Lipinski definition) is 3. The first-order valence-corrected chi connectivity index (χ1v) is 5.00. The molecule has 78 valence electrons. The summed E-state index contributed by atoms with van der Waals surface area (Å²) in [4.78, 5) is 4.05. The molecule has 0 unspecified atom stereocenters. The van der Waals surface area contributed by atoms with Crippen molar-refractivity contribution in [3.8, 4) is 11.3 Å². The summed E-state index contributed by atoms with van der Waals surface area (Å²) in [6.07, 6.45) is 1.67. The summed E-state index contributed by atoms with van der Waals surface area (Å²) in [7, 11) is 0. The summed E-state index contributed by atoms with van der Waals surface area (Å²) in [5, 5.41) is 0.721. The third-order valence-corrected chi connectivity index (χ3v) is 2.67. The first-order chi connectivity index (χ1) is 7.22. The molecule has 0 amide bonds. The fraction of sp³-hybridized carbons (Fsp3) is 0.182. The second-order valence-electron chi connectivity index (χ2n) is 3.23. The van der Waals surface area contributed by atoms with Crippen LogP contribution in [-0.2, 0) is 6.54 Å². The Hall–Kier alpha value is -1.32. The first-order valence-electron chi connectivity index (χ1n) is 4.62. The second kappa shape index (κ2) is 4.04. The van der Waals surface area contributed by atoms with Crippen LogP contribution in [0.2, 0.25) is 5.02 Å². The highest BCUT2D eigenvalue weighted by Gasteiger charge is 2.09. The molecule has 0 bridgehead atoms. The van der Waals surface area contributed by atoms with E-state index in [0.717, 1.165) is 16.1 Å². The van der Waals surface area contributed by atoms with Gasteiger partial charge in [-0.2, -0.15) is 0 Å². The molecule has 2 N–H and O–H groups in total. The Kier molecular flexibility index (Phi) is 2.75. The van der Waals surface area contributed by atoms with Crippen molar-refractivity contribution < 1.29 is 4.42 Å². The first kappa shape index (κ1) is 10.2. The van der Waals surface area contributed by atoms with Crippen molar-refractivity contribution in [1.82, 2.24) is 4.98 Å². The largest absolute Gasteiger partial charge is 0.439 e. The van der Waals surface area contributed by atoms with Crippen molar-refractivity contribution in [2.75, 3.05) is 0 Å². The average molecular weight is 223 g/mol. The molecule has 0 aliphatic rings. The Bertz CT molecular complexity index is 479. The highest BCUT2D eigenvalue weighted by Crippen LogP contribution is 2.28. The van der Waals surface area contributed by atoms with E-state index in [-0.39, 0.29) is 0 Å². The summed E-state index contributed by atoms with van der Waals surface area (Å²) < 4.78 is 5.46. The van der Waals surface area contributed by atoms with Crippen LogP contribution in [0, 0.1) is 6.92 Å². The maximum Gasteiger partial charge on any atom is 0.208 e. The quantitative estimate of drug-likeness (QED) is 0.850. The van der Waals surface area contributed by atoms with Crippen LogP contribution < -0.4 is 5.73 Å². The number of hydrogen-bond donors (Lipinski definition) is 1. The Morgan fingerprint density at radius 1 is 1.47 bits per heavy atom. The minimum Gasteiger partial charge on any atom is -0.439 e. The van der Waals surface area contributed by atoms with Crippen LogP contribution in [-0.4, -0.2) is 4.98 Å². The number of benzene rings is 1. The zero-order chi connectivity index (χ0) is 10.8. The smallest absolute Gasteiger partial charge is 0.208 e. The van der Waals surface area contributed by atoms with Crippen LogP contribution in [0.5, 0.6) is 0 Å². The number of nitrogens with two attached hydrogens (primary N) is 1. The molecule has 2 rings (SSSR count). The maximum atomic E-state index is 6.02. The number of aromatic nitrogens is 1. The van der Waals surface area contributed by atoms with Crippen LogP contribution >= 0.6 is 11.6 Å². The van der Waals surface area contributed by atoms with Gasteiger partial charge in [0, 0.05) is 10.6 Å². The van der Waals surface area contributed by atoms with Gasteiger partial charge in [0.15, 0.2) is 5.76 Å². The minimum absolute atomic E-state index is 0.305.